The minimum atomic E-state index is -0.605. The van der Waals surface area contributed by atoms with E-state index >= 15 is 0 Å². The van der Waals surface area contributed by atoms with Gasteiger partial charge < -0.3 is 28.4 Å². The van der Waals surface area contributed by atoms with Crippen molar-refractivity contribution in [1.29, 1.82) is 0 Å². The molecule has 148 valence electrons. The summed E-state index contributed by atoms with van der Waals surface area (Å²) < 4.78 is 35.4. The summed E-state index contributed by atoms with van der Waals surface area (Å²) in [4.78, 5) is 2.91. The van der Waals surface area contributed by atoms with E-state index in [2.05, 4.69) is 30.8 Å². The van der Waals surface area contributed by atoms with Crippen molar-refractivity contribution in [1.82, 2.24) is 0 Å². The van der Waals surface area contributed by atoms with E-state index in [1.807, 2.05) is 0 Å². The molecule has 26 heavy (non-hydrogen) atoms. The van der Waals surface area contributed by atoms with Crippen molar-refractivity contribution >= 4 is 0 Å². The van der Waals surface area contributed by atoms with E-state index in [0.29, 0.717) is 6.61 Å². The maximum atomic E-state index is 8.88. The van der Waals surface area contributed by atoms with Crippen LogP contribution in [0.2, 0.25) is 0 Å². The highest BCUT2D eigenvalue weighted by atomic mass is 16.8. The Labute approximate surface area is 153 Å². The Morgan fingerprint density at radius 2 is 1.81 bits per heavy atom. The van der Waals surface area contributed by atoms with Gasteiger partial charge in [0.25, 0.3) is 0 Å². The molecule has 9 heteroatoms. The molecule has 9 nitrogen and oxygen atoms in total. The van der Waals surface area contributed by atoms with Crippen LogP contribution in [0.3, 0.4) is 0 Å². The van der Waals surface area contributed by atoms with Gasteiger partial charge in [0.2, 0.25) is 0 Å². The van der Waals surface area contributed by atoms with Gasteiger partial charge in [0.1, 0.15) is 18.2 Å². The first-order valence-corrected chi connectivity index (χ1v) is 9.23. The van der Waals surface area contributed by atoms with Crippen LogP contribution in [0.1, 0.15) is 27.2 Å². The highest BCUT2D eigenvalue weighted by molar-refractivity contribution is 4.99. The molecule has 2 bridgehead atoms. The van der Waals surface area contributed by atoms with Gasteiger partial charge in [-0.15, -0.1) is 0 Å². The molecule has 0 aliphatic carbocycles. The fraction of sp³-hybridized carbons (Fsp3) is 1.00. The zero-order valence-electron chi connectivity index (χ0n) is 16.0. The van der Waals surface area contributed by atoms with Crippen molar-refractivity contribution in [3.8, 4) is 0 Å². The normalized spacial score (nSPS) is 48.2. The maximum Gasteiger partial charge on any atom is 0.169 e. The van der Waals surface area contributed by atoms with Crippen LogP contribution in [0.4, 0.5) is 0 Å². The molecule has 10 atom stereocenters. The van der Waals surface area contributed by atoms with Crippen LogP contribution in [-0.2, 0) is 28.4 Å². The van der Waals surface area contributed by atoms with Gasteiger partial charge >= 0.3 is 0 Å². The molecule has 3 aliphatic rings. The minimum Gasteiger partial charge on any atom is -0.381 e. The predicted molar refractivity (Wildman–Crippen MR) is 91.3 cm³/mol. The Bertz CT molecular complexity index is 531. The molecule has 0 amide bonds. The van der Waals surface area contributed by atoms with Crippen molar-refractivity contribution in [2.24, 2.45) is 17.0 Å². The number of fused-ring (bicyclic) bond motifs is 2. The minimum absolute atomic E-state index is 0.0321. The number of azide groups is 1. The molecule has 0 aromatic rings. The molecule has 3 fully saturated rings. The molecule has 4 unspecified atom stereocenters. The van der Waals surface area contributed by atoms with Crippen molar-refractivity contribution in [3.05, 3.63) is 10.4 Å². The summed E-state index contributed by atoms with van der Waals surface area (Å²) in [7, 11) is 3.30. The number of rotatable bonds is 6. The van der Waals surface area contributed by atoms with E-state index in [9.17, 15) is 0 Å². The van der Waals surface area contributed by atoms with Crippen LogP contribution < -0.4 is 0 Å². The second-order valence-corrected chi connectivity index (χ2v) is 7.24. The molecule has 3 rings (SSSR count). The lowest BCUT2D eigenvalue weighted by Gasteiger charge is -2.46. The molecule has 0 saturated carbocycles. The lowest BCUT2D eigenvalue weighted by atomic mass is 9.84. The molecule has 0 spiro atoms. The summed E-state index contributed by atoms with van der Waals surface area (Å²) in [6.45, 7) is 6.67. The molecule has 0 radical (unpaired) electrons. The molecule has 3 heterocycles. The fourth-order valence-electron chi connectivity index (χ4n) is 4.44. The Kier molecular flexibility index (Phi) is 6.40. The van der Waals surface area contributed by atoms with Crippen LogP contribution in [0.5, 0.6) is 0 Å². The third kappa shape index (κ3) is 3.45. The van der Waals surface area contributed by atoms with Crippen LogP contribution >= 0.6 is 0 Å². The molecule has 0 aromatic carbocycles. The van der Waals surface area contributed by atoms with Gasteiger partial charge in [0.05, 0.1) is 24.9 Å². The van der Waals surface area contributed by atoms with Crippen molar-refractivity contribution in [2.75, 3.05) is 20.8 Å². The molecular formula is C17H29N3O6. The lowest BCUT2D eigenvalue weighted by Crippen LogP contribution is -2.58. The number of ether oxygens (including phenoxy) is 6. The van der Waals surface area contributed by atoms with Crippen molar-refractivity contribution in [3.63, 3.8) is 0 Å². The Balaban J connectivity index is 1.80. The predicted octanol–water partition coefficient (Wildman–Crippen LogP) is 2.24. The van der Waals surface area contributed by atoms with Gasteiger partial charge in [0, 0.05) is 31.0 Å². The number of hydrogen-bond acceptors (Lipinski definition) is 7. The Morgan fingerprint density at radius 3 is 2.42 bits per heavy atom. The summed E-state index contributed by atoms with van der Waals surface area (Å²) in [5, 5.41) is 3.81. The SMILES string of the molecule is CCC1O[C@@H](O[C@@H]2C3CO[C@H](O3)C(N=[N+]=[N-])[C@@H]2OC)C(C)[C@H](OC)[C@@H]1C. The average molecular weight is 371 g/mol. The third-order valence-electron chi connectivity index (χ3n) is 5.82. The molecule has 0 aromatic heterocycles. The van der Waals surface area contributed by atoms with Crippen LogP contribution in [0.15, 0.2) is 5.11 Å². The number of hydrogen-bond donors (Lipinski definition) is 0. The van der Waals surface area contributed by atoms with Crippen molar-refractivity contribution in [2.45, 2.75) is 76.3 Å². The van der Waals surface area contributed by atoms with Gasteiger partial charge in [0.15, 0.2) is 12.6 Å². The smallest absolute Gasteiger partial charge is 0.169 e. The van der Waals surface area contributed by atoms with E-state index in [-0.39, 0.29) is 30.1 Å². The number of nitrogens with zero attached hydrogens (tertiary/aromatic N) is 3. The van der Waals surface area contributed by atoms with Gasteiger partial charge in [-0.3, -0.25) is 0 Å². The second kappa shape index (κ2) is 8.39. The van der Waals surface area contributed by atoms with Crippen LogP contribution in [0.25, 0.3) is 10.4 Å². The van der Waals surface area contributed by atoms with E-state index in [1.54, 1.807) is 14.2 Å². The quantitative estimate of drug-likeness (QED) is 0.403. The molecule has 3 aliphatic heterocycles. The highest BCUT2D eigenvalue weighted by Crippen LogP contribution is 2.38. The van der Waals surface area contributed by atoms with Crippen molar-refractivity contribution < 1.29 is 28.4 Å². The summed E-state index contributed by atoms with van der Waals surface area (Å²) in [6, 6.07) is -0.605. The van der Waals surface area contributed by atoms with Gasteiger partial charge in [-0.2, -0.15) is 0 Å². The van der Waals surface area contributed by atoms with E-state index in [0.717, 1.165) is 6.42 Å². The average Bonchev–Trinajstić information content (AvgIpc) is 3.07. The highest BCUT2D eigenvalue weighted by Gasteiger charge is 2.53. The summed E-state index contributed by atoms with van der Waals surface area (Å²) >= 11 is 0. The summed E-state index contributed by atoms with van der Waals surface area (Å²) in [6.07, 6.45) is -1.31. The Morgan fingerprint density at radius 1 is 1.08 bits per heavy atom. The first-order valence-electron chi connectivity index (χ1n) is 9.23. The topological polar surface area (TPSA) is 104 Å². The third-order valence-corrected chi connectivity index (χ3v) is 5.82. The second-order valence-electron chi connectivity index (χ2n) is 7.24. The lowest BCUT2D eigenvalue weighted by molar-refractivity contribution is -0.309. The molecule has 3 saturated heterocycles. The summed E-state index contributed by atoms with van der Waals surface area (Å²) in [5.41, 5.74) is 8.88. The summed E-state index contributed by atoms with van der Waals surface area (Å²) in [5.74, 6) is 0.309. The van der Waals surface area contributed by atoms with Crippen LogP contribution in [0, 0.1) is 11.8 Å². The zero-order valence-corrected chi connectivity index (χ0v) is 16.0. The Hall–Kier alpha value is -0.930. The fourth-order valence-corrected chi connectivity index (χ4v) is 4.44. The first-order chi connectivity index (χ1) is 12.5. The van der Waals surface area contributed by atoms with E-state index in [4.69, 9.17) is 34.0 Å². The maximum absolute atomic E-state index is 8.88. The monoisotopic (exact) mass is 371 g/mol. The van der Waals surface area contributed by atoms with E-state index in [1.165, 1.54) is 0 Å². The first kappa shape index (κ1) is 19.8. The largest absolute Gasteiger partial charge is 0.381 e. The molecule has 0 N–H and O–H groups in total. The standard InChI is InChI=1S/C17H29N3O6/c1-6-10-8(2)13(21-4)9(3)16(24-10)26-14-11-7-23-17(25-11)12(19-20-18)15(14)22-5/h8-17H,6-7H2,1-5H3/t8-,9?,10?,11?,12?,13-,14-,15+,16+,17-/m1/s1. The van der Waals surface area contributed by atoms with Gasteiger partial charge in [-0.05, 0) is 12.0 Å². The van der Waals surface area contributed by atoms with E-state index < -0.39 is 30.8 Å². The van der Waals surface area contributed by atoms with Gasteiger partial charge in [-0.25, -0.2) is 0 Å². The van der Waals surface area contributed by atoms with Crippen LogP contribution in [-0.4, -0.2) is 70.0 Å². The zero-order chi connectivity index (χ0) is 18.8. The molecular weight excluding hydrogens is 342 g/mol. The number of methoxy groups -OCH3 is 2. The van der Waals surface area contributed by atoms with Gasteiger partial charge in [-0.1, -0.05) is 25.9 Å².